The second kappa shape index (κ2) is 6.11. The van der Waals surface area contributed by atoms with Gasteiger partial charge in [-0.3, -0.25) is 9.69 Å². The third kappa shape index (κ3) is 3.94. The van der Waals surface area contributed by atoms with Crippen molar-refractivity contribution >= 4 is 5.91 Å². The van der Waals surface area contributed by atoms with Crippen molar-refractivity contribution in [2.75, 3.05) is 19.6 Å². The Morgan fingerprint density at radius 3 is 2.60 bits per heavy atom. The molecule has 112 valence electrons. The molecule has 0 aromatic rings. The van der Waals surface area contributed by atoms with Gasteiger partial charge in [0, 0.05) is 6.54 Å². The highest BCUT2D eigenvalue weighted by molar-refractivity contribution is 5.79. The van der Waals surface area contributed by atoms with Crippen LogP contribution in [0.1, 0.15) is 51.9 Å². The number of nitriles is 1. The highest BCUT2D eigenvalue weighted by Gasteiger charge is 2.35. The number of hydrogen-bond acceptors (Lipinski definition) is 4. The lowest BCUT2D eigenvalue weighted by atomic mass is 9.98. The Bertz CT molecular complexity index is 394. The zero-order valence-electron chi connectivity index (χ0n) is 12.3. The molecule has 2 aliphatic rings. The summed E-state index contributed by atoms with van der Waals surface area (Å²) in [7, 11) is 0. The Kier molecular flexibility index (Phi) is 4.66. The normalized spacial score (nSPS) is 30.4. The minimum atomic E-state index is -0.631. The fourth-order valence-electron chi connectivity index (χ4n) is 3.23. The van der Waals surface area contributed by atoms with Gasteiger partial charge in [0.15, 0.2) is 0 Å². The number of likely N-dealkylation sites (tertiary alicyclic amines) is 1. The summed E-state index contributed by atoms with van der Waals surface area (Å²) in [6, 6.07) is 2.28. The molecular weight excluding hydrogens is 254 g/mol. The first-order chi connectivity index (χ1) is 9.45. The zero-order chi connectivity index (χ0) is 14.6. The van der Waals surface area contributed by atoms with Crippen LogP contribution < -0.4 is 5.32 Å². The second-order valence-corrected chi connectivity index (χ2v) is 6.58. The summed E-state index contributed by atoms with van der Waals surface area (Å²) in [4.78, 5) is 14.2. The van der Waals surface area contributed by atoms with Gasteiger partial charge in [-0.1, -0.05) is 0 Å². The monoisotopic (exact) mass is 279 g/mol. The van der Waals surface area contributed by atoms with Crippen LogP contribution in [0.3, 0.4) is 0 Å². The maximum Gasteiger partial charge on any atom is 0.235 e. The van der Waals surface area contributed by atoms with E-state index in [4.69, 9.17) is 0 Å². The number of nitrogens with zero attached hydrogens (tertiary/aromatic N) is 2. The van der Waals surface area contributed by atoms with Crippen molar-refractivity contribution in [2.45, 2.75) is 63.0 Å². The quantitative estimate of drug-likeness (QED) is 0.813. The van der Waals surface area contributed by atoms with Gasteiger partial charge in [-0.2, -0.15) is 5.26 Å². The Morgan fingerprint density at radius 1 is 1.25 bits per heavy atom. The Morgan fingerprint density at radius 2 is 1.95 bits per heavy atom. The molecule has 1 amide bonds. The number of nitrogens with one attached hydrogen (secondary N) is 1. The van der Waals surface area contributed by atoms with Crippen molar-refractivity contribution in [3.63, 3.8) is 0 Å². The van der Waals surface area contributed by atoms with Gasteiger partial charge in [-0.15, -0.1) is 0 Å². The molecule has 1 aliphatic carbocycles. The summed E-state index contributed by atoms with van der Waals surface area (Å²) in [5.74, 6) is -0.0602. The molecule has 1 heterocycles. The average Bonchev–Trinajstić information content (AvgIpc) is 2.77. The number of carbonyl (C=O) groups is 1. The topological polar surface area (TPSA) is 76.4 Å². The molecule has 1 atom stereocenters. The molecule has 1 aliphatic heterocycles. The first-order valence-electron chi connectivity index (χ1n) is 7.62. The molecule has 0 bridgehead atoms. The van der Waals surface area contributed by atoms with Crippen molar-refractivity contribution in [3.05, 3.63) is 0 Å². The van der Waals surface area contributed by atoms with Gasteiger partial charge in [0.2, 0.25) is 5.91 Å². The summed E-state index contributed by atoms with van der Waals surface area (Å²) in [5.41, 5.74) is -1.24. The molecule has 0 aromatic carbocycles. The van der Waals surface area contributed by atoms with E-state index in [-0.39, 0.29) is 5.91 Å². The molecule has 1 unspecified atom stereocenters. The van der Waals surface area contributed by atoms with E-state index in [1.165, 1.54) is 0 Å². The van der Waals surface area contributed by atoms with E-state index in [1.54, 1.807) is 0 Å². The Balaban J connectivity index is 1.84. The van der Waals surface area contributed by atoms with Crippen LogP contribution >= 0.6 is 0 Å². The summed E-state index contributed by atoms with van der Waals surface area (Å²) in [6.45, 7) is 3.77. The fraction of sp³-hybridized carbons (Fsp3) is 0.867. The number of aliphatic hydroxyl groups is 1. The third-order valence-electron chi connectivity index (χ3n) is 4.57. The predicted molar refractivity (Wildman–Crippen MR) is 75.9 cm³/mol. The van der Waals surface area contributed by atoms with Crippen LogP contribution in [0.2, 0.25) is 0 Å². The van der Waals surface area contributed by atoms with Crippen molar-refractivity contribution in [2.24, 2.45) is 0 Å². The smallest absolute Gasteiger partial charge is 0.235 e. The van der Waals surface area contributed by atoms with Crippen molar-refractivity contribution in [3.8, 4) is 6.07 Å². The molecule has 1 saturated heterocycles. The summed E-state index contributed by atoms with van der Waals surface area (Å²) >= 11 is 0. The van der Waals surface area contributed by atoms with E-state index in [2.05, 4.69) is 16.3 Å². The SMILES string of the molecule is CC1(O)CCCN(CC(=O)NC2(C#N)CCCC2)CC1. The van der Waals surface area contributed by atoms with Crippen molar-refractivity contribution in [1.29, 1.82) is 5.26 Å². The van der Waals surface area contributed by atoms with Gasteiger partial charge in [-0.05, 0) is 58.4 Å². The average molecular weight is 279 g/mol. The molecule has 2 N–H and O–H groups in total. The molecule has 2 rings (SSSR count). The van der Waals surface area contributed by atoms with Crippen LogP contribution in [-0.2, 0) is 4.79 Å². The standard InChI is InChI=1S/C15H25N3O2/c1-14(20)5-4-9-18(10-8-14)11-13(19)17-15(12-16)6-2-3-7-15/h20H,2-11H2,1H3,(H,17,19). The number of carbonyl (C=O) groups excluding carboxylic acids is 1. The molecule has 2 fully saturated rings. The molecule has 0 aromatic heterocycles. The molecule has 1 saturated carbocycles. The van der Waals surface area contributed by atoms with Crippen LogP contribution in [0, 0.1) is 11.3 Å². The van der Waals surface area contributed by atoms with Crippen molar-refractivity contribution < 1.29 is 9.90 Å². The number of hydrogen-bond donors (Lipinski definition) is 2. The minimum absolute atomic E-state index is 0.0602. The fourth-order valence-corrected chi connectivity index (χ4v) is 3.23. The molecule has 20 heavy (non-hydrogen) atoms. The Hall–Kier alpha value is -1.12. The first-order valence-corrected chi connectivity index (χ1v) is 7.62. The van der Waals surface area contributed by atoms with Crippen LogP contribution in [0.15, 0.2) is 0 Å². The summed E-state index contributed by atoms with van der Waals surface area (Å²) < 4.78 is 0. The van der Waals surface area contributed by atoms with E-state index in [1.807, 2.05) is 6.92 Å². The highest BCUT2D eigenvalue weighted by atomic mass is 16.3. The lowest BCUT2D eigenvalue weighted by Crippen LogP contribution is -2.49. The van der Waals surface area contributed by atoms with E-state index in [0.717, 1.165) is 51.6 Å². The summed E-state index contributed by atoms with van der Waals surface area (Å²) in [5, 5.41) is 22.2. The zero-order valence-corrected chi connectivity index (χ0v) is 12.3. The van der Waals surface area contributed by atoms with Gasteiger partial charge in [-0.25, -0.2) is 0 Å². The van der Waals surface area contributed by atoms with Crippen LogP contribution in [0.5, 0.6) is 0 Å². The van der Waals surface area contributed by atoms with Crippen LogP contribution in [-0.4, -0.2) is 46.7 Å². The largest absolute Gasteiger partial charge is 0.390 e. The lowest BCUT2D eigenvalue weighted by molar-refractivity contribution is -0.123. The van der Waals surface area contributed by atoms with Gasteiger partial charge in [0.1, 0.15) is 5.54 Å². The molecule has 0 radical (unpaired) electrons. The summed E-state index contributed by atoms with van der Waals surface area (Å²) in [6.07, 6.45) is 5.95. The van der Waals surface area contributed by atoms with E-state index < -0.39 is 11.1 Å². The van der Waals surface area contributed by atoms with Crippen LogP contribution in [0.4, 0.5) is 0 Å². The third-order valence-corrected chi connectivity index (χ3v) is 4.57. The number of amides is 1. The van der Waals surface area contributed by atoms with Gasteiger partial charge in [0.05, 0.1) is 18.2 Å². The first kappa shape index (κ1) is 15.3. The van der Waals surface area contributed by atoms with E-state index in [0.29, 0.717) is 13.0 Å². The second-order valence-electron chi connectivity index (χ2n) is 6.58. The Labute approximate surface area is 120 Å². The molecule has 0 spiro atoms. The predicted octanol–water partition coefficient (Wildman–Crippen LogP) is 1.18. The van der Waals surface area contributed by atoms with Crippen LogP contribution in [0.25, 0.3) is 0 Å². The molecule has 5 nitrogen and oxygen atoms in total. The van der Waals surface area contributed by atoms with Gasteiger partial charge < -0.3 is 10.4 Å². The highest BCUT2D eigenvalue weighted by Crippen LogP contribution is 2.29. The minimum Gasteiger partial charge on any atom is -0.390 e. The maximum absolute atomic E-state index is 12.1. The van der Waals surface area contributed by atoms with E-state index >= 15 is 0 Å². The van der Waals surface area contributed by atoms with E-state index in [9.17, 15) is 15.2 Å². The van der Waals surface area contributed by atoms with Gasteiger partial charge in [0.25, 0.3) is 0 Å². The molecule has 5 heteroatoms. The van der Waals surface area contributed by atoms with Crippen molar-refractivity contribution in [1.82, 2.24) is 10.2 Å². The maximum atomic E-state index is 12.1. The lowest BCUT2D eigenvalue weighted by Gasteiger charge is -2.25. The number of rotatable bonds is 3. The molecular formula is C15H25N3O2. The van der Waals surface area contributed by atoms with Gasteiger partial charge >= 0.3 is 0 Å².